The van der Waals surface area contributed by atoms with Gasteiger partial charge in [-0.3, -0.25) is 4.79 Å². The van der Waals surface area contributed by atoms with Crippen LogP contribution in [0.25, 0.3) is 0 Å². The van der Waals surface area contributed by atoms with E-state index in [4.69, 9.17) is 4.74 Å². The molecule has 0 heterocycles. The van der Waals surface area contributed by atoms with Gasteiger partial charge in [0, 0.05) is 0 Å². The van der Waals surface area contributed by atoms with Gasteiger partial charge in [0.2, 0.25) is 0 Å². The highest BCUT2D eigenvalue weighted by atomic mass is 16.5. The molecule has 92 valence electrons. The van der Waals surface area contributed by atoms with Crippen LogP contribution < -0.4 is 5.32 Å². The standard InChI is InChI=1S/C13H23NO2/c1-16-13(15)12(14-9-10-7-8-10)11-5-3-2-4-6-11/h10-12,14H,2-9H2,1H3. The Labute approximate surface area is 97.9 Å². The van der Waals surface area contributed by atoms with E-state index >= 15 is 0 Å². The molecule has 0 amide bonds. The molecule has 2 fully saturated rings. The van der Waals surface area contributed by atoms with Gasteiger partial charge in [0.05, 0.1) is 7.11 Å². The third-order valence-corrected chi connectivity index (χ3v) is 3.90. The predicted molar refractivity (Wildman–Crippen MR) is 63.1 cm³/mol. The third-order valence-electron chi connectivity index (χ3n) is 3.90. The molecule has 0 bridgehead atoms. The van der Waals surface area contributed by atoms with E-state index in [0.717, 1.165) is 12.5 Å². The van der Waals surface area contributed by atoms with Crippen LogP contribution in [0.4, 0.5) is 0 Å². The van der Waals surface area contributed by atoms with Gasteiger partial charge in [0.1, 0.15) is 6.04 Å². The second kappa shape index (κ2) is 5.67. The molecule has 16 heavy (non-hydrogen) atoms. The van der Waals surface area contributed by atoms with Crippen molar-refractivity contribution < 1.29 is 9.53 Å². The Hall–Kier alpha value is -0.570. The van der Waals surface area contributed by atoms with Crippen LogP contribution in [-0.2, 0) is 9.53 Å². The molecule has 2 aliphatic carbocycles. The minimum absolute atomic E-state index is 0.0501. The summed E-state index contributed by atoms with van der Waals surface area (Å²) in [4.78, 5) is 11.8. The number of carbonyl (C=O) groups is 1. The van der Waals surface area contributed by atoms with Crippen LogP contribution in [0.5, 0.6) is 0 Å². The zero-order valence-corrected chi connectivity index (χ0v) is 10.2. The first kappa shape index (κ1) is 11.9. The van der Waals surface area contributed by atoms with E-state index in [1.807, 2.05) is 0 Å². The van der Waals surface area contributed by atoms with E-state index in [9.17, 15) is 4.79 Å². The lowest BCUT2D eigenvalue weighted by Crippen LogP contribution is -2.45. The smallest absolute Gasteiger partial charge is 0.323 e. The molecular formula is C13H23NO2. The Morgan fingerprint density at radius 3 is 2.50 bits per heavy atom. The van der Waals surface area contributed by atoms with E-state index in [-0.39, 0.29) is 12.0 Å². The highest BCUT2D eigenvalue weighted by molar-refractivity contribution is 5.76. The van der Waals surface area contributed by atoms with Crippen molar-refractivity contribution in [1.29, 1.82) is 0 Å². The first-order chi connectivity index (χ1) is 7.81. The molecule has 0 saturated heterocycles. The number of rotatable bonds is 5. The number of nitrogens with one attached hydrogen (secondary N) is 1. The fourth-order valence-electron chi connectivity index (χ4n) is 2.65. The summed E-state index contributed by atoms with van der Waals surface area (Å²) < 4.78 is 4.92. The number of hydrogen-bond donors (Lipinski definition) is 1. The molecule has 2 rings (SSSR count). The minimum atomic E-state index is -0.0625. The Balaban J connectivity index is 1.85. The van der Waals surface area contributed by atoms with Gasteiger partial charge in [-0.2, -0.15) is 0 Å². The van der Waals surface area contributed by atoms with Gasteiger partial charge in [-0.15, -0.1) is 0 Å². The summed E-state index contributed by atoms with van der Waals surface area (Å²) in [5.74, 6) is 1.25. The predicted octanol–water partition coefficient (Wildman–Crippen LogP) is 2.11. The Bertz CT molecular complexity index is 232. The largest absolute Gasteiger partial charge is 0.468 e. The Morgan fingerprint density at radius 2 is 1.94 bits per heavy atom. The van der Waals surface area contributed by atoms with E-state index in [0.29, 0.717) is 5.92 Å². The van der Waals surface area contributed by atoms with Crippen molar-refractivity contribution in [3.8, 4) is 0 Å². The van der Waals surface area contributed by atoms with Crippen LogP contribution in [0.15, 0.2) is 0 Å². The monoisotopic (exact) mass is 225 g/mol. The highest BCUT2D eigenvalue weighted by Crippen LogP contribution is 2.30. The van der Waals surface area contributed by atoms with Crippen molar-refractivity contribution in [1.82, 2.24) is 5.32 Å². The van der Waals surface area contributed by atoms with Crippen molar-refractivity contribution in [3.63, 3.8) is 0 Å². The number of methoxy groups -OCH3 is 1. The normalized spacial score (nSPS) is 24.1. The fraction of sp³-hybridized carbons (Fsp3) is 0.923. The molecule has 0 aliphatic heterocycles. The zero-order chi connectivity index (χ0) is 11.4. The van der Waals surface area contributed by atoms with Crippen LogP contribution in [-0.4, -0.2) is 25.7 Å². The summed E-state index contributed by atoms with van der Waals surface area (Å²) in [6.07, 6.45) is 8.87. The van der Waals surface area contributed by atoms with Gasteiger partial charge >= 0.3 is 5.97 Å². The van der Waals surface area contributed by atoms with E-state index in [2.05, 4.69) is 5.32 Å². The summed E-state index contributed by atoms with van der Waals surface area (Å²) in [5.41, 5.74) is 0. The van der Waals surface area contributed by atoms with Gasteiger partial charge in [-0.05, 0) is 44.1 Å². The van der Waals surface area contributed by atoms with Crippen molar-refractivity contribution in [3.05, 3.63) is 0 Å². The van der Waals surface area contributed by atoms with Gasteiger partial charge in [0.15, 0.2) is 0 Å². The topological polar surface area (TPSA) is 38.3 Å². The summed E-state index contributed by atoms with van der Waals surface area (Å²) in [6, 6.07) is -0.0501. The van der Waals surface area contributed by atoms with Gasteiger partial charge in [-0.25, -0.2) is 0 Å². The summed E-state index contributed by atoms with van der Waals surface area (Å²) in [5, 5.41) is 3.43. The zero-order valence-electron chi connectivity index (χ0n) is 10.2. The number of esters is 1. The average Bonchev–Trinajstić information content (AvgIpc) is 3.14. The highest BCUT2D eigenvalue weighted by Gasteiger charge is 2.31. The Morgan fingerprint density at radius 1 is 1.25 bits per heavy atom. The van der Waals surface area contributed by atoms with Crippen molar-refractivity contribution in [2.45, 2.75) is 51.0 Å². The van der Waals surface area contributed by atoms with Gasteiger partial charge < -0.3 is 10.1 Å². The summed E-state index contributed by atoms with van der Waals surface area (Å²) in [6.45, 7) is 0.996. The summed E-state index contributed by atoms with van der Waals surface area (Å²) in [7, 11) is 1.50. The van der Waals surface area contributed by atoms with Crippen molar-refractivity contribution >= 4 is 5.97 Å². The SMILES string of the molecule is COC(=O)C(NCC1CC1)C1CCCCC1. The van der Waals surface area contributed by atoms with Crippen LogP contribution in [0.1, 0.15) is 44.9 Å². The van der Waals surface area contributed by atoms with Crippen LogP contribution in [0.3, 0.4) is 0 Å². The van der Waals surface area contributed by atoms with Gasteiger partial charge in [0.25, 0.3) is 0 Å². The minimum Gasteiger partial charge on any atom is -0.468 e. The molecule has 0 radical (unpaired) electrons. The number of hydrogen-bond acceptors (Lipinski definition) is 3. The van der Waals surface area contributed by atoms with Crippen LogP contribution in [0.2, 0.25) is 0 Å². The molecule has 1 atom stereocenters. The van der Waals surface area contributed by atoms with Crippen LogP contribution in [0, 0.1) is 11.8 Å². The molecule has 1 N–H and O–H groups in total. The lowest BCUT2D eigenvalue weighted by Gasteiger charge is -2.29. The lowest BCUT2D eigenvalue weighted by molar-refractivity contribution is -0.145. The first-order valence-corrected chi connectivity index (χ1v) is 6.62. The molecular weight excluding hydrogens is 202 g/mol. The molecule has 3 nitrogen and oxygen atoms in total. The molecule has 1 unspecified atom stereocenters. The summed E-state index contributed by atoms with van der Waals surface area (Å²) >= 11 is 0. The maximum absolute atomic E-state index is 11.8. The maximum Gasteiger partial charge on any atom is 0.323 e. The molecule has 2 aliphatic rings. The third kappa shape index (κ3) is 3.21. The average molecular weight is 225 g/mol. The Kier molecular flexibility index (Phi) is 4.22. The van der Waals surface area contributed by atoms with E-state index in [1.54, 1.807) is 0 Å². The van der Waals surface area contributed by atoms with Gasteiger partial charge in [-0.1, -0.05) is 19.3 Å². The first-order valence-electron chi connectivity index (χ1n) is 6.62. The maximum atomic E-state index is 11.8. The van der Waals surface area contributed by atoms with E-state index < -0.39 is 0 Å². The molecule has 0 aromatic rings. The van der Waals surface area contributed by atoms with E-state index in [1.165, 1.54) is 52.1 Å². The number of ether oxygens (including phenoxy) is 1. The molecule has 0 spiro atoms. The fourth-order valence-corrected chi connectivity index (χ4v) is 2.65. The van der Waals surface area contributed by atoms with Crippen molar-refractivity contribution in [2.24, 2.45) is 11.8 Å². The second-order valence-corrected chi connectivity index (χ2v) is 5.25. The van der Waals surface area contributed by atoms with Crippen LogP contribution >= 0.6 is 0 Å². The molecule has 0 aromatic carbocycles. The second-order valence-electron chi connectivity index (χ2n) is 5.25. The molecule has 2 saturated carbocycles. The molecule has 0 aromatic heterocycles. The number of carbonyl (C=O) groups excluding carboxylic acids is 1. The molecule has 3 heteroatoms. The lowest BCUT2D eigenvalue weighted by atomic mass is 9.84. The van der Waals surface area contributed by atoms with Crippen molar-refractivity contribution in [2.75, 3.05) is 13.7 Å². The quantitative estimate of drug-likeness (QED) is 0.728.